The van der Waals surface area contributed by atoms with E-state index in [4.69, 9.17) is 9.47 Å². The van der Waals surface area contributed by atoms with Gasteiger partial charge >= 0.3 is 5.97 Å². The summed E-state index contributed by atoms with van der Waals surface area (Å²) in [6.07, 6.45) is 1.11. The van der Waals surface area contributed by atoms with Crippen LogP contribution in [0.15, 0.2) is 28.7 Å². The van der Waals surface area contributed by atoms with E-state index in [2.05, 4.69) is 15.9 Å². The van der Waals surface area contributed by atoms with Gasteiger partial charge in [0.2, 0.25) is 0 Å². The predicted octanol–water partition coefficient (Wildman–Crippen LogP) is 3.31. The van der Waals surface area contributed by atoms with Crippen LogP contribution in [0.1, 0.15) is 25.3 Å². The Kier molecular flexibility index (Phi) is 6.22. The van der Waals surface area contributed by atoms with Crippen molar-refractivity contribution in [1.82, 2.24) is 0 Å². The SMILES string of the molecule is CCC[C@@H](OCc1ccc(Br)cc1)C(=O)OC. The molecule has 17 heavy (non-hydrogen) atoms. The number of hydrogen-bond acceptors (Lipinski definition) is 3. The third-order valence-corrected chi connectivity index (χ3v) is 2.91. The van der Waals surface area contributed by atoms with Crippen LogP contribution >= 0.6 is 15.9 Å². The van der Waals surface area contributed by atoms with Gasteiger partial charge in [-0.3, -0.25) is 0 Å². The van der Waals surface area contributed by atoms with Crippen LogP contribution in [-0.4, -0.2) is 19.2 Å². The molecule has 1 atom stereocenters. The van der Waals surface area contributed by atoms with E-state index in [9.17, 15) is 4.79 Å². The normalized spacial score (nSPS) is 12.2. The molecule has 0 aromatic heterocycles. The Balaban J connectivity index is 2.51. The Morgan fingerprint density at radius 1 is 1.35 bits per heavy atom. The maximum absolute atomic E-state index is 11.4. The van der Waals surface area contributed by atoms with Crippen LogP contribution < -0.4 is 0 Å². The molecule has 1 aromatic rings. The average Bonchev–Trinajstić information content (AvgIpc) is 2.35. The molecule has 0 radical (unpaired) electrons. The van der Waals surface area contributed by atoms with Crippen molar-refractivity contribution in [2.75, 3.05) is 7.11 Å². The van der Waals surface area contributed by atoms with Gasteiger partial charge in [-0.2, -0.15) is 0 Å². The Morgan fingerprint density at radius 3 is 2.53 bits per heavy atom. The zero-order valence-electron chi connectivity index (χ0n) is 10.1. The summed E-state index contributed by atoms with van der Waals surface area (Å²) in [7, 11) is 1.38. The lowest BCUT2D eigenvalue weighted by atomic mass is 10.2. The molecule has 0 bridgehead atoms. The highest BCUT2D eigenvalue weighted by Crippen LogP contribution is 2.13. The number of halogens is 1. The summed E-state index contributed by atoms with van der Waals surface area (Å²) in [5, 5.41) is 0. The maximum atomic E-state index is 11.4. The number of methoxy groups -OCH3 is 1. The first-order chi connectivity index (χ1) is 8.17. The fourth-order valence-corrected chi connectivity index (χ4v) is 1.70. The Morgan fingerprint density at radius 2 is 2.00 bits per heavy atom. The topological polar surface area (TPSA) is 35.5 Å². The molecule has 1 rings (SSSR count). The van der Waals surface area contributed by atoms with Gasteiger partial charge in [0.05, 0.1) is 13.7 Å². The largest absolute Gasteiger partial charge is 0.467 e. The number of hydrogen-bond donors (Lipinski definition) is 0. The molecule has 3 nitrogen and oxygen atoms in total. The molecule has 0 heterocycles. The number of carbonyl (C=O) groups excluding carboxylic acids is 1. The van der Waals surface area contributed by atoms with E-state index < -0.39 is 6.10 Å². The molecule has 1 aromatic carbocycles. The van der Waals surface area contributed by atoms with Gasteiger partial charge < -0.3 is 9.47 Å². The minimum Gasteiger partial charge on any atom is -0.467 e. The summed E-state index contributed by atoms with van der Waals surface area (Å²) in [6, 6.07) is 7.83. The van der Waals surface area contributed by atoms with E-state index in [-0.39, 0.29) is 5.97 Å². The van der Waals surface area contributed by atoms with Gasteiger partial charge in [-0.25, -0.2) is 4.79 Å². The molecule has 0 aliphatic carbocycles. The Bertz CT molecular complexity index is 348. The Labute approximate surface area is 110 Å². The van der Waals surface area contributed by atoms with Crippen molar-refractivity contribution in [3.63, 3.8) is 0 Å². The molecular weight excluding hydrogens is 284 g/mol. The lowest BCUT2D eigenvalue weighted by Gasteiger charge is -2.14. The standard InChI is InChI=1S/C13H17BrO3/c1-3-4-12(13(15)16-2)17-9-10-5-7-11(14)8-6-10/h5-8,12H,3-4,9H2,1-2H3/t12-/m1/s1. The zero-order chi connectivity index (χ0) is 12.7. The van der Waals surface area contributed by atoms with Crippen molar-refractivity contribution in [2.45, 2.75) is 32.5 Å². The van der Waals surface area contributed by atoms with E-state index in [0.717, 1.165) is 16.5 Å². The highest BCUT2D eigenvalue weighted by Gasteiger charge is 2.18. The number of carbonyl (C=O) groups is 1. The minimum absolute atomic E-state index is 0.302. The molecule has 0 amide bonds. The predicted molar refractivity (Wildman–Crippen MR) is 69.6 cm³/mol. The summed E-state index contributed by atoms with van der Waals surface area (Å²) in [4.78, 5) is 11.4. The van der Waals surface area contributed by atoms with Crippen LogP contribution in [0, 0.1) is 0 Å². The first-order valence-electron chi connectivity index (χ1n) is 5.61. The third kappa shape index (κ3) is 4.88. The fourth-order valence-electron chi connectivity index (χ4n) is 1.44. The second kappa shape index (κ2) is 7.45. The molecule has 0 fully saturated rings. The molecule has 0 aliphatic rings. The molecule has 0 spiro atoms. The molecular formula is C13H17BrO3. The minimum atomic E-state index is -0.464. The van der Waals surface area contributed by atoms with Gasteiger partial charge in [-0.1, -0.05) is 41.4 Å². The molecule has 0 aliphatic heterocycles. The number of rotatable bonds is 6. The van der Waals surface area contributed by atoms with Gasteiger partial charge in [0, 0.05) is 4.47 Å². The van der Waals surface area contributed by atoms with Crippen LogP contribution in [0.3, 0.4) is 0 Å². The van der Waals surface area contributed by atoms with Crippen LogP contribution in [0.4, 0.5) is 0 Å². The van der Waals surface area contributed by atoms with Gasteiger partial charge in [0.1, 0.15) is 0 Å². The van der Waals surface area contributed by atoms with E-state index in [0.29, 0.717) is 13.0 Å². The fraction of sp³-hybridized carbons (Fsp3) is 0.462. The van der Waals surface area contributed by atoms with Gasteiger partial charge in [0.15, 0.2) is 6.10 Å². The second-order valence-electron chi connectivity index (χ2n) is 3.74. The lowest BCUT2D eigenvalue weighted by molar-refractivity contribution is -0.155. The summed E-state index contributed by atoms with van der Waals surface area (Å²) < 4.78 is 11.3. The van der Waals surface area contributed by atoms with Crippen LogP contribution in [0.5, 0.6) is 0 Å². The third-order valence-electron chi connectivity index (χ3n) is 2.38. The van der Waals surface area contributed by atoms with E-state index in [1.54, 1.807) is 0 Å². The van der Waals surface area contributed by atoms with Gasteiger partial charge in [0.25, 0.3) is 0 Å². The average molecular weight is 301 g/mol. The molecule has 0 saturated carbocycles. The first kappa shape index (κ1) is 14.2. The van der Waals surface area contributed by atoms with Gasteiger partial charge in [-0.05, 0) is 24.1 Å². The number of esters is 1. The van der Waals surface area contributed by atoms with Crippen LogP contribution in [-0.2, 0) is 20.9 Å². The van der Waals surface area contributed by atoms with Crippen LogP contribution in [0.25, 0.3) is 0 Å². The Hall–Kier alpha value is -0.870. The van der Waals surface area contributed by atoms with Crippen molar-refractivity contribution in [2.24, 2.45) is 0 Å². The molecule has 0 N–H and O–H groups in total. The van der Waals surface area contributed by atoms with Crippen molar-refractivity contribution in [3.8, 4) is 0 Å². The van der Waals surface area contributed by atoms with E-state index >= 15 is 0 Å². The molecule has 94 valence electrons. The van der Waals surface area contributed by atoms with Crippen LogP contribution in [0.2, 0.25) is 0 Å². The van der Waals surface area contributed by atoms with Crippen molar-refractivity contribution >= 4 is 21.9 Å². The lowest BCUT2D eigenvalue weighted by Crippen LogP contribution is -2.25. The highest BCUT2D eigenvalue weighted by molar-refractivity contribution is 9.10. The quantitative estimate of drug-likeness (QED) is 0.756. The van der Waals surface area contributed by atoms with Gasteiger partial charge in [-0.15, -0.1) is 0 Å². The molecule has 4 heteroatoms. The number of ether oxygens (including phenoxy) is 2. The summed E-state index contributed by atoms with van der Waals surface area (Å²) in [6.45, 7) is 2.44. The maximum Gasteiger partial charge on any atom is 0.334 e. The second-order valence-corrected chi connectivity index (χ2v) is 4.65. The first-order valence-corrected chi connectivity index (χ1v) is 6.40. The monoisotopic (exact) mass is 300 g/mol. The van der Waals surface area contributed by atoms with Crippen molar-refractivity contribution < 1.29 is 14.3 Å². The van der Waals surface area contributed by atoms with Crippen molar-refractivity contribution in [3.05, 3.63) is 34.3 Å². The molecule has 0 saturated heterocycles. The number of benzene rings is 1. The summed E-state index contributed by atoms with van der Waals surface area (Å²) in [5.74, 6) is -0.302. The van der Waals surface area contributed by atoms with E-state index in [1.165, 1.54) is 7.11 Å². The van der Waals surface area contributed by atoms with E-state index in [1.807, 2.05) is 31.2 Å². The molecule has 0 unspecified atom stereocenters. The zero-order valence-corrected chi connectivity index (χ0v) is 11.7. The smallest absolute Gasteiger partial charge is 0.334 e. The summed E-state index contributed by atoms with van der Waals surface area (Å²) in [5.41, 5.74) is 1.04. The highest BCUT2D eigenvalue weighted by atomic mass is 79.9. The van der Waals surface area contributed by atoms with Crippen molar-refractivity contribution in [1.29, 1.82) is 0 Å². The summed E-state index contributed by atoms with van der Waals surface area (Å²) >= 11 is 3.37.